The first-order valence-electron chi connectivity index (χ1n) is 9.45. The first-order chi connectivity index (χ1) is 14.5. The van der Waals surface area contributed by atoms with Gasteiger partial charge in [0.1, 0.15) is 17.4 Å². The number of aryl methyl sites for hydroxylation is 1. The van der Waals surface area contributed by atoms with E-state index < -0.39 is 5.91 Å². The fraction of sp³-hybridized carbons (Fsp3) is 0.182. The zero-order chi connectivity index (χ0) is 21.1. The number of primary amides is 1. The lowest BCUT2D eigenvalue weighted by molar-refractivity contribution is -0.119. The Balaban J connectivity index is 1.56. The van der Waals surface area contributed by atoms with Crippen LogP contribution >= 0.6 is 11.3 Å². The average molecular weight is 420 g/mol. The SMILES string of the molecule is Cc1nc(NC(C)c2cccc(OCC(N)=O)c2)cc(-c2ccc3ncsc3c2)n1. The number of benzene rings is 2. The van der Waals surface area contributed by atoms with Gasteiger partial charge in [-0.2, -0.15) is 0 Å². The van der Waals surface area contributed by atoms with Crippen LogP contribution in [0.2, 0.25) is 0 Å². The third-order valence-corrected chi connectivity index (χ3v) is 5.36. The fourth-order valence-corrected chi connectivity index (χ4v) is 3.85. The minimum Gasteiger partial charge on any atom is -0.484 e. The van der Waals surface area contributed by atoms with Crippen molar-refractivity contribution in [3.63, 3.8) is 0 Å². The summed E-state index contributed by atoms with van der Waals surface area (Å²) in [6.45, 7) is 3.76. The summed E-state index contributed by atoms with van der Waals surface area (Å²) >= 11 is 1.61. The summed E-state index contributed by atoms with van der Waals surface area (Å²) < 4.78 is 6.53. The van der Waals surface area contributed by atoms with E-state index in [1.54, 1.807) is 17.4 Å². The molecule has 0 bridgehead atoms. The number of amides is 1. The molecular formula is C22H21N5O2S. The van der Waals surface area contributed by atoms with Crippen LogP contribution in [0.5, 0.6) is 5.75 Å². The molecule has 2 aromatic carbocycles. The molecule has 0 saturated heterocycles. The summed E-state index contributed by atoms with van der Waals surface area (Å²) in [4.78, 5) is 24.4. The Morgan fingerprint density at radius 3 is 2.90 bits per heavy atom. The predicted octanol–water partition coefficient (Wildman–Crippen LogP) is 4.10. The number of rotatable bonds is 7. The highest BCUT2D eigenvalue weighted by Crippen LogP contribution is 2.28. The lowest BCUT2D eigenvalue weighted by Gasteiger charge is -2.17. The molecule has 3 N–H and O–H groups in total. The number of hydrogen-bond donors (Lipinski definition) is 2. The maximum absolute atomic E-state index is 10.9. The molecule has 0 radical (unpaired) electrons. The molecule has 0 aliphatic rings. The van der Waals surface area contributed by atoms with E-state index in [2.05, 4.69) is 26.3 Å². The summed E-state index contributed by atoms with van der Waals surface area (Å²) in [7, 11) is 0. The average Bonchev–Trinajstić information content (AvgIpc) is 3.20. The highest BCUT2D eigenvalue weighted by molar-refractivity contribution is 7.16. The van der Waals surface area contributed by atoms with E-state index in [1.165, 1.54) is 0 Å². The van der Waals surface area contributed by atoms with Crippen molar-refractivity contribution in [2.75, 3.05) is 11.9 Å². The topological polar surface area (TPSA) is 103 Å². The molecular weight excluding hydrogens is 398 g/mol. The van der Waals surface area contributed by atoms with E-state index in [1.807, 2.05) is 55.8 Å². The van der Waals surface area contributed by atoms with Crippen molar-refractivity contribution < 1.29 is 9.53 Å². The van der Waals surface area contributed by atoms with Crippen LogP contribution in [-0.4, -0.2) is 27.5 Å². The second-order valence-corrected chi connectivity index (χ2v) is 7.80. The van der Waals surface area contributed by atoms with Crippen molar-refractivity contribution in [1.29, 1.82) is 0 Å². The van der Waals surface area contributed by atoms with Gasteiger partial charge in [0.2, 0.25) is 0 Å². The van der Waals surface area contributed by atoms with Crippen LogP contribution in [0.4, 0.5) is 5.82 Å². The predicted molar refractivity (Wildman–Crippen MR) is 119 cm³/mol. The van der Waals surface area contributed by atoms with Crippen LogP contribution in [0.15, 0.2) is 54.0 Å². The Hall–Kier alpha value is -3.52. The Kier molecular flexibility index (Phi) is 5.58. The third-order valence-electron chi connectivity index (χ3n) is 4.57. The smallest absolute Gasteiger partial charge is 0.255 e. The number of carbonyl (C=O) groups is 1. The van der Waals surface area contributed by atoms with Crippen LogP contribution in [0.25, 0.3) is 21.5 Å². The van der Waals surface area contributed by atoms with Crippen molar-refractivity contribution in [3.8, 4) is 17.0 Å². The highest BCUT2D eigenvalue weighted by Gasteiger charge is 2.11. The first kappa shape index (κ1) is 19.8. The van der Waals surface area contributed by atoms with Gasteiger partial charge < -0.3 is 15.8 Å². The number of hydrogen-bond acceptors (Lipinski definition) is 7. The van der Waals surface area contributed by atoms with E-state index in [-0.39, 0.29) is 12.6 Å². The van der Waals surface area contributed by atoms with Crippen LogP contribution < -0.4 is 15.8 Å². The molecule has 4 rings (SSSR count). The van der Waals surface area contributed by atoms with Gasteiger partial charge in [-0.05, 0) is 43.7 Å². The standard InChI is InChI=1S/C22H21N5O2S/c1-13(15-4-3-5-17(8-15)29-11-21(23)28)25-22-10-19(26-14(2)27-22)16-6-7-18-20(9-16)30-12-24-18/h3-10,12-13H,11H2,1-2H3,(H2,23,28)(H,25,26,27). The van der Waals surface area contributed by atoms with Crippen molar-refractivity contribution >= 4 is 33.3 Å². The second-order valence-electron chi connectivity index (χ2n) is 6.91. The molecule has 0 aliphatic heterocycles. The van der Waals surface area contributed by atoms with Crippen LogP contribution in [-0.2, 0) is 4.79 Å². The maximum atomic E-state index is 10.9. The number of carbonyl (C=O) groups excluding carboxylic acids is 1. The number of ether oxygens (including phenoxy) is 1. The van der Waals surface area contributed by atoms with Gasteiger partial charge in [0.05, 0.1) is 27.5 Å². The zero-order valence-electron chi connectivity index (χ0n) is 16.6. The minimum atomic E-state index is -0.507. The molecule has 2 heterocycles. The second kappa shape index (κ2) is 8.46. The van der Waals surface area contributed by atoms with E-state index >= 15 is 0 Å². The van der Waals surface area contributed by atoms with Gasteiger partial charge in [-0.15, -0.1) is 11.3 Å². The fourth-order valence-electron chi connectivity index (χ4n) is 3.14. The normalized spacial score (nSPS) is 11.9. The summed E-state index contributed by atoms with van der Waals surface area (Å²) in [6, 6.07) is 15.6. The van der Waals surface area contributed by atoms with Gasteiger partial charge in [0.15, 0.2) is 6.61 Å². The molecule has 0 saturated carbocycles. The Bertz CT molecular complexity index is 1210. The Morgan fingerprint density at radius 1 is 1.20 bits per heavy atom. The molecule has 0 aliphatic carbocycles. The molecule has 152 valence electrons. The molecule has 8 heteroatoms. The van der Waals surface area contributed by atoms with Crippen LogP contribution in [0.3, 0.4) is 0 Å². The van der Waals surface area contributed by atoms with E-state index in [9.17, 15) is 4.79 Å². The van der Waals surface area contributed by atoms with Gasteiger partial charge in [-0.3, -0.25) is 4.79 Å². The van der Waals surface area contributed by atoms with E-state index in [0.717, 1.165) is 32.9 Å². The number of anilines is 1. The minimum absolute atomic E-state index is 0.0340. The molecule has 0 fully saturated rings. The van der Waals surface area contributed by atoms with Crippen LogP contribution in [0.1, 0.15) is 24.4 Å². The number of nitrogens with two attached hydrogens (primary N) is 1. The number of nitrogens with zero attached hydrogens (tertiary/aromatic N) is 3. The van der Waals surface area contributed by atoms with E-state index in [4.69, 9.17) is 10.5 Å². The summed E-state index contributed by atoms with van der Waals surface area (Å²) in [6.07, 6.45) is 0. The third kappa shape index (κ3) is 4.55. The van der Waals surface area contributed by atoms with Crippen molar-refractivity contribution in [2.24, 2.45) is 5.73 Å². The molecule has 7 nitrogen and oxygen atoms in total. The van der Waals surface area contributed by atoms with Crippen molar-refractivity contribution in [3.05, 3.63) is 65.4 Å². The van der Waals surface area contributed by atoms with Crippen molar-refractivity contribution in [1.82, 2.24) is 15.0 Å². The quantitative estimate of drug-likeness (QED) is 0.467. The van der Waals surface area contributed by atoms with Crippen LogP contribution in [0, 0.1) is 6.92 Å². The van der Waals surface area contributed by atoms with Crippen molar-refractivity contribution in [2.45, 2.75) is 19.9 Å². The Labute approximate surface area is 178 Å². The Morgan fingerprint density at radius 2 is 2.07 bits per heavy atom. The number of fused-ring (bicyclic) bond motifs is 1. The molecule has 1 amide bonds. The monoisotopic (exact) mass is 419 g/mol. The first-order valence-corrected chi connectivity index (χ1v) is 10.3. The summed E-state index contributed by atoms with van der Waals surface area (Å²) in [5.74, 6) is 1.51. The number of thiazole rings is 1. The molecule has 2 aromatic heterocycles. The van der Waals surface area contributed by atoms with Gasteiger partial charge in [0.25, 0.3) is 5.91 Å². The lowest BCUT2D eigenvalue weighted by atomic mass is 10.1. The molecule has 30 heavy (non-hydrogen) atoms. The van der Waals surface area contributed by atoms with Gasteiger partial charge in [-0.25, -0.2) is 15.0 Å². The maximum Gasteiger partial charge on any atom is 0.255 e. The highest BCUT2D eigenvalue weighted by atomic mass is 32.1. The van der Waals surface area contributed by atoms with Gasteiger partial charge in [-0.1, -0.05) is 18.2 Å². The lowest BCUT2D eigenvalue weighted by Crippen LogP contribution is -2.20. The summed E-state index contributed by atoms with van der Waals surface area (Å²) in [5.41, 5.74) is 10.9. The molecule has 1 atom stereocenters. The zero-order valence-corrected chi connectivity index (χ0v) is 17.4. The molecule has 4 aromatic rings. The van der Waals surface area contributed by atoms with Gasteiger partial charge in [0, 0.05) is 11.6 Å². The molecule has 0 spiro atoms. The largest absolute Gasteiger partial charge is 0.484 e. The number of nitrogens with one attached hydrogen (secondary N) is 1. The van der Waals surface area contributed by atoms with Gasteiger partial charge >= 0.3 is 0 Å². The number of aromatic nitrogens is 3. The molecule has 1 unspecified atom stereocenters. The van der Waals surface area contributed by atoms with E-state index in [0.29, 0.717) is 11.6 Å². The summed E-state index contributed by atoms with van der Waals surface area (Å²) in [5, 5.41) is 3.43.